The molecule has 1 aliphatic heterocycles. The van der Waals surface area contributed by atoms with Crippen LogP contribution in [0.3, 0.4) is 0 Å². The number of rotatable bonds is 6. The summed E-state index contributed by atoms with van der Waals surface area (Å²) in [6.45, 7) is 0.812. The third-order valence-corrected chi connectivity index (χ3v) is 7.16. The number of fused-ring (bicyclic) bond motifs is 1. The Morgan fingerprint density at radius 1 is 1.03 bits per heavy atom. The molecule has 0 spiro atoms. The van der Waals surface area contributed by atoms with Crippen LogP contribution >= 0.6 is 11.6 Å². The zero-order valence-corrected chi connectivity index (χ0v) is 17.4. The molecule has 1 fully saturated rings. The molecule has 8 nitrogen and oxygen atoms in total. The van der Waals surface area contributed by atoms with E-state index in [0.717, 1.165) is 12.8 Å². The average molecular weight is 448 g/mol. The maximum atomic E-state index is 13.4. The smallest absolute Gasteiger partial charge is 0.249 e. The Morgan fingerprint density at radius 3 is 2.57 bits per heavy atom. The number of hydrogen-bond acceptors (Lipinski definition) is 7. The van der Waals surface area contributed by atoms with Crippen LogP contribution < -0.4 is 9.47 Å². The highest BCUT2D eigenvalue weighted by atomic mass is 35.5. The largest absolute Gasteiger partial charge is 0.486 e. The van der Waals surface area contributed by atoms with Crippen molar-refractivity contribution in [2.45, 2.75) is 30.3 Å². The van der Waals surface area contributed by atoms with E-state index in [1.54, 1.807) is 24.3 Å². The monoisotopic (exact) mass is 447 g/mol. The fourth-order valence-electron chi connectivity index (χ4n) is 3.29. The van der Waals surface area contributed by atoms with E-state index in [1.807, 2.05) is 6.07 Å². The van der Waals surface area contributed by atoms with E-state index in [1.165, 1.54) is 16.4 Å². The second-order valence-electron chi connectivity index (χ2n) is 7.07. The van der Waals surface area contributed by atoms with Gasteiger partial charge >= 0.3 is 0 Å². The van der Waals surface area contributed by atoms with Gasteiger partial charge in [-0.3, -0.25) is 0 Å². The van der Waals surface area contributed by atoms with Crippen LogP contribution in [-0.4, -0.2) is 42.2 Å². The summed E-state index contributed by atoms with van der Waals surface area (Å²) in [6.07, 6.45) is 1.57. The number of halogens is 1. The third kappa shape index (κ3) is 3.64. The van der Waals surface area contributed by atoms with Crippen molar-refractivity contribution < 1.29 is 22.3 Å². The van der Waals surface area contributed by atoms with Gasteiger partial charge in [0.2, 0.25) is 21.8 Å². The predicted molar refractivity (Wildman–Crippen MR) is 108 cm³/mol. The minimum atomic E-state index is -3.79. The molecule has 0 saturated heterocycles. The molecule has 10 heteroatoms. The first kappa shape index (κ1) is 19.3. The van der Waals surface area contributed by atoms with Gasteiger partial charge in [-0.1, -0.05) is 23.7 Å². The van der Waals surface area contributed by atoms with Crippen LogP contribution in [0.5, 0.6) is 11.5 Å². The molecule has 0 atom stereocenters. The maximum absolute atomic E-state index is 13.4. The van der Waals surface area contributed by atoms with Crippen LogP contribution in [0.1, 0.15) is 18.7 Å². The summed E-state index contributed by atoms with van der Waals surface area (Å²) in [6, 6.07) is 11.7. The standard InChI is InChI=1S/C20H18ClN3O5S/c21-16-4-2-1-3-15(16)20-23-22-19(29-20)12-24(13-5-6-13)30(25,26)14-7-8-17-18(11-14)28-10-9-27-17/h1-4,7-8,11,13H,5-6,9-10,12H2. The van der Waals surface area contributed by atoms with Gasteiger partial charge in [0.25, 0.3) is 0 Å². The van der Waals surface area contributed by atoms with E-state index < -0.39 is 10.0 Å². The van der Waals surface area contributed by atoms with E-state index in [2.05, 4.69) is 10.2 Å². The molecule has 1 saturated carbocycles. The van der Waals surface area contributed by atoms with Crippen molar-refractivity contribution in [3.05, 3.63) is 53.4 Å². The average Bonchev–Trinajstić information content (AvgIpc) is 3.49. The summed E-state index contributed by atoms with van der Waals surface area (Å²) in [5, 5.41) is 8.55. The van der Waals surface area contributed by atoms with Gasteiger partial charge < -0.3 is 13.9 Å². The molecule has 0 radical (unpaired) electrons. The lowest BCUT2D eigenvalue weighted by atomic mass is 10.2. The van der Waals surface area contributed by atoms with Gasteiger partial charge in [0.1, 0.15) is 13.2 Å². The lowest BCUT2D eigenvalue weighted by molar-refractivity contribution is 0.171. The van der Waals surface area contributed by atoms with E-state index in [4.69, 9.17) is 25.5 Å². The van der Waals surface area contributed by atoms with Gasteiger partial charge in [-0.05, 0) is 37.1 Å². The van der Waals surface area contributed by atoms with Crippen LogP contribution in [0.2, 0.25) is 5.02 Å². The van der Waals surface area contributed by atoms with Gasteiger partial charge in [-0.2, -0.15) is 4.31 Å². The summed E-state index contributed by atoms with van der Waals surface area (Å²) >= 11 is 6.19. The molecule has 0 unspecified atom stereocenters. The highest BCUT2D eigenvalue weighted by molar-refractivity contribution is 7.89. The van der Waals surface area contributed by atoms with Crippen molar-refractivity contribution in [2.75, 3.05) is 13.2 Å². The highest BCUT2D eigenvalue weighted by Crippen LogP contribution is 2.37. The molecule has 5 rings (SSSR count). The Bertz CT molecular complexity index is 1190. The van der Waals surface area contributed by atoms with Crippen molar-refractivity contribution in [3.63, 3.8) is 0 Å². The molecule has 2 aliphatic rings. The summed E-state index contributed by atoms with van der Waals surface area (Å²) in [4.78, 5) is 0.143. The second-order valence-corrected chi connectivity index (χ2v) is 9.37. The van der Waals surface area contributed by atoms with Crippen LogP contribution in [0.15, 0.2) is 51.8 Å². The van der Waals surface area contributed by atoms with Gasteiger partial charge in [-0.15, -0.1) is 10.2 Å². The Labute approximate surface area is 178 Å². The zero-order valence-electron chi connectivity index (χ0n) is 15.8. The molecule has 156 valence electrons. The van der Waals surface area contributed by atoms with Crippen LogP contribution in [0, 0.1) is 0 Å². The molecular weight excluding hydrogens is 430 g/mol. The maximum Gasteiger partial charge on any atom is 0.249 e. The van der Waals surface area contributed by atoms with Gasteiger partial charge in [0.15, 0.2) is 11.5 Å². The first-order valence-electron chi connectivity index (χ1n) is 9.51. The molecule has 2 heterocycles. The molecule has 0 N–H and O–H groups in total. The number of hydrogen-bond donors (Lipinski definition) is 0. The van der Waals surface area contributed by atoms with Gasteiger partial charge in [-0.25, -0.2) is 8.42 Å². The molecule has 0 amide bonds. The molecule has 2 aromatic carbocycles. The van der Waals surface area contributed by atoms with Crippen LogP contribution in [-0.2, 0) is 16.6 Å². The fraction of sp³-hybridized carbons (Fsp3) is 0.300. The Hall–Kier alpha value is -2.62. The number of ether oxygens (including phenoxy) is 2. The first-order valence-corrected chi connectivity index (χ1v) is 11.3. The van der Waals surface area contributed by atoms with Crippen LogP contribution in [0.4, 0.5) is 0 Å². The number of benzene rings is 2. The fourth-order valence-corrected chi connectivity index (χ4v) is 5.15. The van der Waals surface area contributed by atoms with E-state index in [0.29, 0.717) is 35.3 Å². The summed E-state index contributed by atoms with van der Waals surface area (Å²) in [5.41, 5.74) is 0.602. The highest BCUT2D eigenvalue weighted by Gasteiger charge is 2.39. The second kappa shape index (κ2) is 7.57. The summed E-state index contributed by atoms with van der Waals surface area (Å²) < 4.78 is 44.9. The minimum Gasteiger partial charge on any atom is -0.486 e. The molecule has 0 bridgehead atoms. The SMILES string of the molecule is O=S(=O)(c1ccc2c(c1)OCCO2)N(Cc1nnc(-c2ccccc2Cl)o1)C1CC1. The Balaban J connectivity index is 1.43. The number of aromatic nitrogens is 2. The summed E-state index contributed by atoms with van der Waals surface area (Å²) in [5.74, 6) is 1.43. The quantitative estimate of drug-likeness (QED) is 0.570. The molecule has 1 aliphatic carbocycles. The van der Waals surface area contributed by atoms with E-state index in [9.17, 15) is 8.42 Å². The lowest BCUT2D eigenvalue weighted by Crippen LogP contribution is -2.33. The van der Waals surface area contributed by atoms with Crippen molar-refractivity contribution in [1.29, 1.82) is 0 Å². The van der Waals surface area contributed by atoms with Gasteiger partial charge in [0, 0.05) is 12.1 Å². The molecular formula is C20H18ClN3O5S. The van der Waals surface area contributed by atoms with Crippen molar-refractivity contribution in [3.8, 4) is 23.0 Å². The number of nitrogens with zero attached hydrogens (tertiary/aromatic N) is 3. The van der Waals surface area contributed by atoms with Crippen LogP contribution in [0.25, 0.3) is 11.5 Å². The minimum absolute atomic E-state index is 0.0150. The summed E-state index contributed by atoms with van der Waals surface area (Å²) in [7, 11) is -3.79. The first-order chi connectivity index (χ1) is 14.5. The molecule has 30 heavy (non-hydrogen) atoms. The van der Waals surface area contributed by atoms with Crippen molar-refractivity contribution >= 4 is 21.6 Å². The van der Waals surface area contributed by atoms with Crippen molar-refractivity contribution in [2.24, 2.45) is 0 Å². The van der Waals surface area contributed by atoms with Crippen molar-refractivity contribution in [1.82, 2.24) is 14.5 Å². The number of sulfonamides is 1. The topological polar surface area (TPSA) is 94.8 Å². The third-order valence-electron chi connectivity index (χ3n) is 4.94. The normalized spacial score (nSPS) is 16.1. The Morgan fingerprint density at radius 2 is 1.80 bits per heavy atom. The Kier molecular flexibility index (Phi) is 4.88. The molecule has 1 aromatic heterocycles. The zero-order chi connectivity index (χ0) is 20.7. The van der Waals surface area contributed by atoms with E-state index in [-0.39, 0.29) is 29.3 Å². The lowest BCUT2D eigenvalue weighted by Gasteiger charge is -2.22. The van der Waals surface area contributed by atoms with E-state index >= 15 is 0 Å². The van der Waals surface area contributed by atoms with Gasteiger partial charge in [0.05, 0.1) is 22.0 Å². The molecule has 3 aromatic rings. The predicted octanol–water partition coefficient (Wildman–Crippen LogP) is 3.51.